The Hall–Kier alpha value is -1.36. The molecule has 1 unspecified atom stereocenters. The number of aryl methyl sites for hydroxylation is 1. The second-order valence-electron chi connectivity index (χ2n) is 5.39. The number of ether oxygens (including phenoxy) is 1. The van der Waals surface area contributed by atoms with Gasteiger partial charge in [0.1, 0.15) is 0 Å². The average molecular weight is 354 g/mol. The second-order valence-corrected chi connectivity index (χ2v) is 6.25. The van der Waals surface area contributed by atoms with Gasteiger partial charge in [0.15, 0.2) is 0 Å². The van der Waals surface area contributed by atoms with Gasteiger partial charge in [-0.2, -0.15) is 0 Å². The van der Waals surface area contributed by atoms with Crippen LogP contribution in [0.4, 0.5) is 0 Å². The van der Waals surface area contributed by atoms with Crippen LogP contribution >= 0.6 is 15.9 Å². The lowest BCUT2D eigenvalue weighted by Gasteiger charge is -2.35. The first-order valence-electron chi connectivity index (χ1n) is 7.17. The monoisotopic (exact) mass is 353 g/mol. The number of hydrogen-bond donors (Lipinski definition) is 0. The van der Waals surface area contributed by atoms with Crippen LogP contribution in [0.3, 0.4) is 0 Å². The van der Waals surface area contributed by atoms with Gasteiger partial charge >= 0.3 is 5.97 Å². The molecule has 0 radical (unpaired) electrons. The van der Waals surface area contributed by atoms with E-state index in [0.717, 1.165) is 29.3 Å². The highest BCUT2D eigenvalue weighted by atomic mass is 79.9. The van der Waals surface area contributed by atoms with Crippen LogP contribution in [0.1, 0.15) is 41.6 Å². The van der Waals surface area contributed by atoms with E-state index in [-0.39, 0.29) is 24.3 Å². The molecule has 1 heterocycles. The van der Waals surface area contributed by atoms with E-state index >= 15 is 0 Å². The third kappa shape index (κ3) is 3.84. The molecule has 0 N–H and O–H groups in total. The number of piperidine rings is 1. The molecule has 4 nitrogen and oxygen atoms in total. The first-order chi connectivity index (χ1) is 10.0. The zero-order valence-electron chi connectivity index (χ0n) is 12.4. The van der Waals surface area contributed by atoms with Crippen molar-refractivity contribution in [1.29, 1.82) is 0 Å². The molecule has 1 aliphatic rings. The summed E-state index contributed by atoms with van der Waals surface area (Å²) in [5, 5.41) is 0. The lowest BCUT2D eigenvalue weighted by atomic mass is 9.98. The zero-order valence-corrected chi connectivity index (χ0v) is 14.0. The summed E-state index contributed by atoms with van der Waals surface area (Å²) in [5.74, 6) is -0.269. The number of esters is 1. The van der Waals surface area contributed by atoms with Gasteiger partial charge < -0.3 is 9.64 Å². The molecule has 0 bridgehead atoms. The Kier molecular flexibility index (Phi) is 5.39. The minimum absolute atomic E-state index is 0.00990. The molecule has 114 valence electrons. The number of halogens is 1. The Morgan fingerprint density at radius 1 is 1.38 bits per heavy atom. The van der Waals surface area contributed by atoms with Gasteiger partial charge in [0.05, 0.1) is 13.5 Å². The first kappa shape index (κ1) is 16.0. The van der Waals surface area contributed by atoms with E-state index in [9.17, 15) is 9.59 Å². The number of amides is 1. The van der Waals surface area contributed by atoms with E-state index in [1.165, 1.54) is 7.11 Å². The molecule has 1 aliphatic heterocycles. The fourth-order valence-electron chi connectivity index (χ4n) is 2.65. The summed E-state index contributed by atoms with van der Waals surface area (Å²) in [4.78, 5) is 26.0. The van der Waals surface area contributed by atoms with E-state index in [0.29, 0.717) is 12.1 Å². The molecule has 1 aromatic rings. The zero-order chi connectivity index (χ0) is 15.4. The van der Waals surface area contributed by atoms with Gasteiger partial charge in [0.25, 0.3) is 5.91 Å². The van der Waals surface area contributed by atoms with Crippen LogP contribution in [0.2, 0.25) is 0 Å². The Labute approximate surface area is 133 Å². The van der Waals surface area contributed by atoms with E-state index in [4.69, 9.17) is 4.74 Å². The number of nitrogens with zero attached hydrogens (tertiary/aromatic N) is 1. The number of likely N-dealkylation sites (tertiary alicyclic amines) is 1. The predicted octanol–water partition coefficient (Wildman–Crippen LogP) is 3.32. The number of benzene rings is 1. The van der Waals surface area contributed by atoms with Crippen molar-refractivity contribution in [1.82, 2.24) is 4.90 Å². The summed E-state index contributed by atoms with van der Waals surface area (Å²) >= 11 is 3.46. The van der Waals surface area contributed by atoms with Crippen molar-refractivity contribution in [2.75, 3.05) is 13.7 Å². The van der Waals surface area contributed by atoms with Crippen molar-refractivity contribution >= 4 is 27.8 Å². The first-order valence-corrected chi connectivity index (χ1v) is 7.96. The number of methoxy groups -OCH3 is 1. The molecule has 1 atom stereocenters. The maximum Gasteiger partial charge on any atom is 0.307 e. The summed E-state index contributed by atoms with van der Waals surface area (Å²) in [6, 6.07) is 5.56. The molecule has 5 heteroatoms. The lowest BCUT2D eigenvalue weighted by molar-refractivity contribution is -0.142. The third-order valence-electron chi connectivity index (χ3n) is 3.94. The molecule has 0 spiro atoms. The summed E-state index contributed by atoms with van der Waals surface area (Å²) in [7, 11) is 1.38. The normalized spacial score (nSPS) is 18.4. The van der Waals surface area contributed by atoms with Crippen LogP contribution in [-0.4, -0.2) is 36.5 Å². The molecular formula is C16H20BrNO3. The molecule has 1 fully saturated rings. The van der Waals surface area contributed by atoms with Gasteiger partial charge in [-0.3, -0.25) is 9.59 Å². The largest absolute Gasteiger partial charge is 0.469 e. The quantitative estimate of drug-likeness (QED) is 0.783. The van der Waals surface area contributed by atoms with Crippen molar-refractivity contribution in [3.8, 4) is 0 Å². The van der Waals surface area contributed by atoms with E-state index < -0.39 is 0 Å². The van der Waals surface area contributed by atoms with Gasteiger partial charge in [0.2, 0.25) is 0 Å². The molecule has 0 aliphatic carbocycles. The Bertz CT molecular complexity index is 544. The highest BCUT2D eigenvalue weighted by Gasteiger charge is 2.29. The van der Waals surface area contributed by atoms with E-state index in [1.54, 1.807) is 0 Å². The van der Waals surface area contributed by atoms with Gasteiger partial charge in [-0.15, -0.1) is 0 Å². The van der Waals surface area contributed by atoms with Crippen molar-refractivity contribution < 1.29 is 14.3 Å². The molecule has 1 aromatic carbocycles. The number of carbonyl (C=O) groups excluding carboxylic acids is 2. The Morgan fingerprint density at radius 2 is 2.14 bits per heavy atom. The highest BCUT2D eigenvalue weighted by Crippen LogP contribution is 2.24. The van der Waals surface area contributed by atoms with Gasteiger partial charge in [-0.25, -0.2) is 0 Å². The maximum atomic E-state index is 12.7. The van der Waals surface area contributed by atoms with Crippen LogP contribution in [0.25, 0.3) is 0 Å². The number of rotatable bonds is 3. The maximum absolute atomic E-state index is 12.7. The lowest BCUT2D eigenvalue weighted by Crippen LogP contribution is -2.44. The van der Waals surface area contributed by atoms with Crippen LogP contribution in [0, 0.1) is 6.92 Å². The molecule has 21 heavy (non-hydrogen) atoms. The van der Waals surface area contributed by atoms with Gasteiger partial charge in [-0.05, 0) is 43.9 Å². The van der Waals surface area contributed by atoms with E-state index in [2.05, 4.69) is 15.9 Å². The average Bonchev–Trinajstić information content (AvgIpc) is 2.49. The van der Waals surface area contributed by atoms with Crippen molar-refractivity contribution in [3.63, 3.8) is 0 Å². The minimum Gasteiger partial charge on any atom is -0.469 e. The Balaban J connectivity index is 2.17. The van der Waals surface area contributed by atoms with Crippen LogP contribution in [-0.2, 0) is 9.53 Å². The molecule has 0 saturated carbocycles. The van der Waals surface area contributed by atoms with Crippen molar-refractivity contribution in [3.05, 3.63) is 33.8 Å². The molecule has 1 amide bonds. The number of hydrogen-bond acceptors (Lipinski definition) is 3. The van der Waals surface area contributed by atoms with Gasteiger partial charge in [0, 0.05) is 22.6 Å². The van der Waals surface area contributed by atoms with Crippen molar-refractivity contribution in [2.24, 2.45) is 0 Å². The van der Waals surface area contributed by atoms with Crippen LogP contribution < -0.4 is 0 Å². The third-order valence-corrected chi connectivity index (χ3v) is 4.79. The fourth-order valence-corrected chi connectivity index (χ4v) is 3.03. The van der Waals surface area contributed by atoms with Crippen molar-refractivity contribution in [2.45, 2.75) is 38.6 Å². The molecule has 0 aromatic heterocycles. The Morgan fingerprint density at radius 3 is 2.81 bits per heavy atom. The summed E-state index contributed by atoms with van der Waals surface area (Å²) in [5.41, 5.74) is 1.75. The number of carbonyl (C=O) groups is 2. The highest BCUT2D eigenvalue weighted by molar-refractivity contribution is 9.10. The minimum atomic E-state index is -0.259. The smallest absolute Gasteiger partial charge is 0.307 e. The summed E-state index contributed by atoms with van der Waals surface area (Å²) < 4.78 is 5.66. The van der Waals surface area contributed by atoms with Crippen LogP contribution in [0.15, 0.2) is 22.7 Å². The van der Waals surface area contributed by atoms with E-state index in [1.807, 2.05) is 30.0 Å². The second kappa shape index (κ2) is 7.07. The van der Waals surface area contributed by atoms with Gasteiger partial charge in [-0.1, -0.05) is 22.0 Å². The fraction of sp³-hybridized carbons (Fsp3) is 0.500. The molecule has 1 saturated heterocycles. The summed E-state index contributed by atoms with van der Waals surface area (Å²) in [6.45, 7) is 2.69. The predicted molar refractivity (Wildman–Crippen MR) is 84.2 cm³/mol. The topological polar surface area (TPSA) is 46.6 Å². The SMILES string of the molecule is COC(=O)CC1CCCCN1C(=O)c1ccc(C)c(Br)c1. The standard InChI is InChI=1S/C16H20BrNO3/c1-11-6-7-12(9-14(11)17)16(20)18-8-4-3-5-13(18)10-15(19)21-2/h6-7,9,13H,3-5,8,10H2,1-2H3. The molecule has 2 rings (SSSR count). The van der Waals surface area contributed by atoms with Crippen LogP contribution in [0.5, 0.6) is 0 Å². The molecular weight excluding hydrogens is 334 g/mol. The summed E-state index contributed by atoms with van der Waals surface area (Å²) in [6.07, 6.45) is 3.16.